The molecular weight excluding hydrogens is 212 g/mol. The summed E-state index contributed by atoms with van der Waals surface area (Å²) in [6, 6.07) is 7.15. The van der Waals surface area contributed by atoms with Crippen LogP contribution in [0, 0.1) is 0 Å². The van der Waals surface area contributed by atoms with E-state index in [1.807, 2.05) is 24.3 Å². The number of hydrogen-bond acceptors (Lipinski definition) is 2. The van der Waals surface area contributed by atoms with Crippen LogP contribution in [0.1, 0.15) is 36.5 Å². The van der Waals surface area contributed by atoms with Crippen molar-refractivity contribution in [1.29, 1.82) is 0 Å². The monoisotopic (exact) mass is 230 g/mol. The Balaban J connectivity index is 2.41. The highest BCUT2D eigenvalue weighted by Gasteiger charge is 1.98. The van der Waals surface area contributed by atoms with Gasteiger partial charge in [-0.25, -0.2) is 0 Å². The molecule has 0 saturated heterocycles. The molecule has 90 valence electrons. The number of allylic oxidation sites excluding steroid dienone is 3. The number of unbranched alkanes of at least 4 members (excludes halogenated alkanes) is 2. The highest BCUT2D eigenvalue weighted by atomic mass is 16.5. The van der Waals surface area contributed by atoms with Gasteiger partial charge in [-0.05, 0) is 24.6 Å². The molecular formula is C15H18O2. The van der Waals surface area contributed by atoms with Gasteiger partial charge >= 0.3 is 0 Å². The summed E-state index contributed by atoms with van der Waals surface area (Å²) in [4.78, 5) is 10.7. The summed E-state index contributed by atoms with van der Waals surface area (Å²) in [5.74, 6) is 0.584. The fraction of sp³-hybridized carbons (Fsp3) is 0.267. The maximum absolute atomic E-state index is 10.7. The van der Waals surface area contributed by atoms with E-state index in [0.29, 0.717) is 11.3 Å². The average Bonchev–Trinajstić information content (AvgIpc) is 2.38. The van der Waals surface area contributed by atoms with E-state index in [-0.39, 0.29) is 0 Å². The number of aldehydes is 1. The maximum Gasteiger partial charge on any atom is 0.153 e. The molecule has 1 rings (SSSR count). The lowest BCUT2D eigenvalue weighted by molar-refractivity contribution is 0.112. The number of para-hydroxylation sites is 1. The Morgan fingerprint density at radius 2 is 2.06 bits per heavy atom. The lowest BCUT2D eigenvalue weighted by atomic mass is 10.2. The van der Waals surface area contributed by atoms with Gasteiger partial charge in [0.2, 0.25) is 0 Å². The first kappa shape index (κ1) is 13.2. The van der Waals surface area contributed by atoms with Crippen LogP contribution in [0.4, 0.5) is 0 Å². The molecule has 0 fully saturated rings. The molecule has 0 atom stereocenters. The summed E-state index contributed by atoms with van der Waals surface area (Å²) >= 11 is 0. The number of carbonyl (C=O) groups is 1. The van der Waals surface area contributed by atoms with Crippen LogP contribution in [0.3, 0.4) is 0 Å². The van der Waals surface area contributed by atoms with Gasteiger partial charge in [0.1, 0.15) is 5.75 Å². The third kappa shape index (κ3) is 5.16. The third-order valence-corrected chi connectivity index (χ3v) is 2.29. The Hall–Kier alpha value is -1.83. The van der Waals surface area contributed by atoms with Gasteiger partial charge in [-0.15, -0.1) is 0 Å². The van der Waals surface area contributed by atoms with Crippen LogP contribution in [0.2, 0.25) is 0 Å². The second kappa shape index (κ2) is 8.34. The fourth-order valence-corrected chi connectivity index (χ4v) is 1.34. The van der Waals surface area contributed by atoms with Crippen LogP contribution < -0.4 is 4.74 Å². The second-order valence-electron chi connectivity index (χ2n) is 3.67. The summed E-state index contributed by atoms with van der Waals surface area (Å²) in [6.07, 6.45) is 11.8. The maximum atomic E-state index is 10.7. The quantitative estimate of drug-likeness (QED) is 0.304. The normalized spacial score (nSPS) is 11.1. The molecule has 0 aliphatic heterocycles. The number of hydrogen-bond donors (Lipinski definition) is 0. The number of carbonyl (C=O) groups excluding carboxylic acids is 1. The van der Waals surface area contributed by atoms with E-state index < -0.39 is 0 Å². The van der Waals surface area contributed by atoms with Crippen LogP contribution in [0.5, 0.6) is 5.75 Å². The van der Waals surface area contributed by atoms with E-state index >= 15 is 0 Å². The average molecular weight is 230 g/mol. The van der Waals surface area contributed by atoms with Crippen molar-refractivity contribution in [3.8, 4) is 5.75 Å². The molecule has 1 aromatic rings. The molecule has 2 nitrogen and oxygen atoms in total. The molecule has 0 aromatic heterocycles. The molecule has 1 aromatic carbocycles. The highest BCUT2D eigenvalue weighted by Crippen LogP contribution is 2.15. The van der Waals surface area contributed by atoms with E-state index in [0.717, 1.165) is 12.7 Å². The van der Waals surface area contributed by atoms with E-state index in [2.05, 4.69) is 13.0 Å². The smallest absolute Gasteiger partial charge is 0.153 e. The van der Waals surface area contributed by atoms with E-state index in [9.17, 15) is 4.79 Å². The summed E-state index contributed by atoms with van der Waals surface area (Å²) in [6.45, 7) is 2.17. The van der Waals surface area contributed by atoms with Gasteiger partial charge in [-0.2, -0.15) is 0 Å². The van der Waals surface area contributed by atoms with Gasteiger partial charge < -0.3 is 4.74 Å². The van der Waals surface area contributed by atoms with Crippen LogP contribution >= 0.6 is 0 Å². The lowest BCUT2D eigenvalue weighted by Crippen LogP contribution is -1.88. The Labute approximate surface area is 103 Å². The molecule has 0 N–H and O–H groups in total. The van der Waals surface area contributed by atoms with E-state index in [4.69, 9.17) is 4.74 Å². The molecule has 0 aliphatic rings. The van der Waals surface area contributed by atoms with Crippen molar-refractivity contribution >= 4 is 6.29 Å². The van der Waals surface area contributed by atoms with Gasteiger partial charge in [0, 0.05) is 0 Å². The van der Waals surface area contributed by atoms with E-state index in [1.165, 1.54) is 12.8 Å². The van der Waals surface area contributed by atoms with Gasteiger partial charge in [-0.3, -0.25) is 4.79 Å². The van der Waals surface area contributed by atoms with Gasteiger partial charge in [0.05, 0.1) is 11.8 Å². The molecule has 0 heterocycles. The Bertz CT molecular complexity index is 392. The molecule has 0 unspecified atom stereocenters. The number of rotatable bonds is 7. The van der Waals surface area contributed by atoms with Crippen molar-refractivity contribution in [2.45, 2.75) is 26.2 Å². The van der Waals surface area contributed by atoms with Crippen molar-refractivity contribution in [3.63, 3.8) is 0 Å². The van der Waals surface area contributed by atoms with Crippen LogP contribution in [0.15, 0.2) is 48.8 Å². The van der Waals surface area contributed by atoms with Crippen molar-refractivity contribution in [2.24, 2.45) is 0 Å². The van der Waals surface area contributed by atoms with Crippen LogP contribution in [0.25, 0.3) is 0 Å². The van der Waals surface area contributed by atoms with Crippen molar-refractivity contribution in [1.82, 2.24) is 0 Å². The van der Waals surface area contributed by atoms with E-state index in [1.54, 1.807) is 18.4 Å². The zero-order valence-corrected chi connectivity index (χ0v) is 10.1. The molecule has 0 aliphatic carbocycles. The Morgan fingerprint density at radius 3 is 2.82 bits per heavy atom. The molecule has 0 bridgehead atoms. The summed E-state index contributed by atoms with van der Waals surface area (Å²) < 4.78 is 5.37. The predicted molar refractivity (Wildman–Crippen MR) is 70.3 cm³/mol. The SMILES string of the molecule is CCCC/C=C/C=C/Oc1ccccc1C=O. The minimum Gasteiger partial charge on any atom is -0.464 e. The van der Waals surface area contributed by atoms with Gasteiger partial charge in [0.25, 0.3) is 0 Å². The van der Waals surface area contributed by atoms with Gasteiger partial charge in [0.15, 0.2) is 6.29 Å². The summed E-state index contributed by atoms with van der Waals surface area (Å²) in [7, 11) is 0. The zero-order valence-electron chi connectivity index (χ0n) is 10.1. The first-order chi connectivity index (χ1) is 8.38. The second-order valence-corrected chi connectivity index (χ2v) is 3.67. The highest BCUT2D eigenvalue weighted by molar-refractivity contribution is 5.79. The van der Waals surface area contributed by atoms with Crippen molar-refractivity contribution in [2.75, 3.05) is 0 Å². The zero-order chi connectivity index (χ0) is 12.3. The fourth-order valence-electron chi connectivity index (χ4n) is 1.34. The van der Waals surface area contributed by atoms with Crippen LogP contribution in [-0.4, -0.2) is 6.29 Å². The number of ether oxygens (including phenoxy) is 1. The minimum absolute atomic E-state index is 0.562. The lowest BCUT2D eigenvalue weighted by Gasteiger charge is -2.01. The summed E-state index contributed by atoms with van der Waals surface area (Å²) in [5, 5.41) is 0. The minimum atomic E-state index is 0.562. The molecule has 0 spiro atoms. The molecule has 0 amide bonds. The first-order valence-corrected chi connectivity index (χ1v) is 5.91. The third-order valence-electron chi connectivity index (χ3n) is 2.29. The standard InChI is InChI=1S/C15H18O2/c1-2-3-4-5-6-9-12-17-15-11-8-7-10-14(15)13-16/h5-13H,2-4H2,1H3/b6-5+,12-9+. The largest absolute Gasteiger partial charge is 0.464 e. The molecule has 2 heteroatoms. The Kier molecular flexibility index (Phi) is 6.49. The first-order valence-electron chi connectivity index (χ1n) is 5.91. The van der Waals surface area contributed by atoms with Crippen molar-refractivity contribution in [3.05, 3.63) is 54.3 Å². The molecule has 17 heavy (non-hydrogen) atoms. The topological polar surface area (TPSA) is 26.3 Å². The van der Waals surface area contributed by atoms with Crippen LogP contribution in [-0.2, 0) is 0 Å². The predicted octanol–water partition coefficient (Wildman–Crippen LogP) is 4.14. The van der Waals surface area contributed by atoms with Gasteiger partial charge in [-0.1, -0.05) is 44.1 Å². The molecule has 0 radical (unpaired) electrons. The number of benzene rings is 1. The Morgan fingerprint density at radius 1 is 1.24 bits per heavy atom. The summed E-state index contributed by atoms with van der Waals surface area (Å²) in [5.41, 5.74) is 0.562. The molecule has 0 saturated carbocycles. The van der Waals surface area contributed by atoms with Crippen molar-refractivity contribution < 1.29 is 9.53 Å².